The molecular weight excluding hydrogens is 277 g/mol. The van der Waals surface area contributed by atoms with Crippen LogP contribution in [0.25, 0.3) is 21.7 Å². The van der Waals surface area contributed by atoms with Gasteiger partial charge in [0.2, 0.25) is 0 Å². The molecule has 0 atom stereocenters. The lowest BCUT2D eigenvalue weighted by Crippen LogP contribution is -1.97. The summed E-state index contributed by atoms with van der Waals surface area (Å²) in [6, 6.07) is 19.1. The molecule has 0 saturated carbocycles. The standard InChI is InChI=1S/C18H12FN3/c19-16-7-3-6-15-17(16)20-11-21-18(15)22-14-9-8-12-4-1-2-5-13(12)10-14/h1-11H,(H,20,21,22). The molecule has 0 amide bonds. The van der Waals surface area contributed by atoms with Gasteiger partial charge in [-0.3, -0.25) is 0 Å². The fourth-order valence-electron chi connectivity index (χ4n) is 2.55. The van der Waals surface area contributed by atoms with E-state index in [0.717, 1.165) is 11.1 Å². The molecule has 0 fully saturated rings. The smallest absolute Gasteiger partial charge is 0.149 e. The summed E-state index contributed by atoms with van der Waals surface area (Å²) in [6.07, 6.45) is 1.37. The van der Waals surface area contributed by atoms with Crippen molar-refractivity contribution in [3.63, 3.8) is 0 Å². The molecule has 3 aromatic carbocycles. The monoisotopic (exact) mass is 289 g/mol. The van der Waals surface area contributed by atoms with Crippen LogP contribution in [0.1, 0.15) is 0 Å². The Balaban J connectivity index is 1.80. The number of benzene rings is 3. The van der Waals surface area contributed by atoms with Gasteiger partial charge in [-0.2, -0.15) is 0 Å². The van der Waals surface area contributed by atoms with E-state index in [-0.39, 0.29) is 5.82 Å². The number of nitrogens with one attached hydrogen (secondary N) is 1. The Morgan fingerprint density at radius 2 is 1.68 bits per heavy atom. The number of aromatic nitrogens is 2. The molecule has 0 unspecified atom stereocenters. The van der Waals surface area contributed by atoms with Gasteiger partial charge in [0, 0.05) is 11.1 Å². The summed E-state index contributed by atoms with van der Waals surface area (Å²) in [5.74, 6) is 0.251. The number of hydrogen-bond acceptors (Lipinski definition) is 3. The van der Waals surface area contributed by atoms with Gasteiger partial charge in [-0.25, -0.2) is 14.4 Å². The molecule has 1 N–H and O–H groups in total. The molecule has 1 aromatic heterocycles. The van der Waals surface area contributed by atoms with E-state index in [4.69, 9.17) is 0 Å². The van der Waals surface area contributed by atoms with Gasteiger partial charge >= 0.3 is 0 Å². The summed E-state index contributed by atoms with van der Waals surface area (Å²) in [4.78, 5) is 8.24. The lowest BCUT2D eigenvalue weighted by molar-refractivity contribution is 0.636. The van der Waals surface area contributed by atoms with E-state index >= 15 is 0 Å². The number of halogens is 1. The molecular formula is C18H12FN3. The van der Waals surface area contributed by atoms with E-state index in [1.54, 1.807) is 6.07 Å². The maximum absolute atomic E-state index is 13.8. The van der Waals surface area contributed by atoms with Crippen LogP contribution in [0.15, 0.2) is 67.0 Å². The average Bonchev–Trinajstić information content (AvgIpc) is 2.56. The van der Waals surface area contributed by atoms with E-state index in [2.05, 4.69) is 27.4 Å². The normalized spacial score (nSPS) is 11.0. The Bertz CT molecular complexity index is 982. The van der Waals surface area contributed by atoms with Crippen LogP contribution < -0.4 is 5.32 Å². The number of anilines is 2. The number of rotatable bonds is 2. The van der Waals surface area contributed by atoms with E-state index in [0.29, 0.717) is 16.7 Å². The van der Waals surface area contributed by atoms with Crippen LogP contribution in [0.3, 0.4) is 0 Å². The van der Waals surface area contributed by atoms with Gasteiger partial charge < -0.3 is 5.32 Å². The minimum atomic E-state index is -0.346. The fourth-order valence-corrected chi connectivity index (χ4v) is 2.55. The van der Waals surface area contributed by atoms with Crippen molar-refractivity contribution in [1.29, 1.82) is 0 Å². The first-order valence-electron chi connectivity index (χ1n) is 6.96. The Kier molecular flexibility index (Phi) is 2.93. The lowest BCUT2D eigenvalue weighted by Gasteiger charge is -2.09. The third-order valence-electron chi connectivity index (χ3n) is 3.63. The van der Waals surface area contributed by atoms with Crippen LogP contribution in [-0.2, 0) is 0 Å². The molecule has 22 heavy (non-hydrogen) atoms. The molecule has 0 spiro atoms. The predicted molar refractivity (Wildman–Crippen MR) is 86.7 cm³/mol. The van der Waals surface area contributed by atoms with Gasteiger partial charge in [0.15, 0.2) is 0 Å². The first-order chi connectivity index (χ1) is 10.8. The first kappa shape index (κ1) is 12.7. The van der Waals surface area contributed by atoms with Crippen LogP contribution in [0.4, 0.5) is 15.9 Å². The first-order valence-corrected chi connectivity index (χ1v) is 6.96. The van der Waals surface area contributed by atoms with Crippen LogP contribution in [0, 0.1) is 5.82 Å². The Hall–Kier alpha value is -3.01. The van der Waals surface area contributed by atoms with Crippen molar-refractivity contribution in [2.45, 2.75) is 0 Å². The highest BCUT2D eigenvalue weighted by molar-refractivity contribution is 5.92. The van der Waals surface area contributed by atoms with Gasteiger partial charge in [0.25, 0.3) is 0 Å². The van der Waals surface area contributed by atoms with E-state index in [1.165, 1.54) is 17.8 Å². The summed E-state index contributed by atoms with van der Waals surface area (Å²) < 4.78 is 13.8. The molecule has 0 bridgehead atoms. The van der Waals surface area contributed by atoms with Crippen molar-refractivity contribution in [2.24, 2.45) is 0 Å². The second kappa shape index (κ2) is 5.07. The second-order valence-electron chi connectivity index (χ2n) is 5.05. The van der Waals surface area contributed by atoms with Crippen LogP contribution in [0.2, 0.25) is 0 Å². The highest BCUT2D eigenvalue weighted by Crippen LogP contribution is 2.26. The van der Waals surface area contributed by atoms with Gasteiger partial charge in [-0.05, 0) is 35.0 Å². The van der Waals surface area contributed by atoms with E-state index in [9.17, 15) is 4.39 Å². The Morgan fingerprint density at radius 3 is 2.59 bits per heavy atom. The van der Waals surface area contributed by atoms with Gasteiger partial charge in [0.1, 0.15) is 23.5 Å². The zero-order chi connectivity index (χ0) is 14.9. The predicted octanol–water partition coefficient (Wildman–Crippen LogP) is 4.67. The third-order valence-corrected chi connectivity index (χ3v) is 3.63. The molecule has 3 nitrogen and oxygen atoms in total. The van der Waals surface area contributed by atoms with Crippen LogP contribution in [0.5, 0.6) is 0 Å². The van der Waals surface area contributed by atoms with Crippen molar-refractivity contribution in [3.05, 3.63) is 72.8 Å². The summed E-state index contributed by atoms with van der Waals surface area (Å²) >= 11 is 0. The molecule has 1 heterocycles. The number of para-hydroxylation sites is 1. The molecule has 4 heteroatoms. The van der Waals surface area contributed by atoms with Crippen molar-refractivity contribution in [1.82, 2.24) is 9.97 Å². The van der Waals surface area contributed by atoms with E-state index < -0.39 is 0 Å². The topological polar surface area (TPSA) is 37.8 Å². The summed E-state index contributed by atoms with van der Waals surface area (Å²) in [5, 5.41) is 6.22. The van der Waals surface area contributed by atoms with Crippen molar-refractivity contribution < 1.29 is 4.39 Å². The Labute approximate surface area is 126 Å². The third kappa shape index (κ3) is 2.15. The van der Waals surface area contributed by atoms with Crippen molar-refractivity contribution >= 4 is 33.2 Å². The quantitative estimate of drug-likeness (QED) is 0.583. The van der Waals surface area contributed by atoms with Crippen molar-refractivity contribution in [3.8, 4) is 0 Å². The highest BCUT2D eigenvalue weighted by Gasteiger charge is 2.07. The van der Waals surface area contributed by atoms with Gasteiger partial charge in [0.05, 0.1) is 0 Å². The molecule has 0 aliphatic carbocycles. The molecule has 0 radical (unpaired) electrons. The van der Waals surface area contributed by atoms with Gasteiger partial charge in [-0.15, -0.1) is 0 Å². The lowest BCUT2D eigenvalue weighted by atomic mass is 10.1. The molecule has 0 aliphatic rings. The zero-order valence-electron chi connectivity index (χ0n) is 11.6. The van der Waals surface area contributed by atoms with Gasteiger partial charge in [-0.1, -0.05) is 36.4 Å². The molecule has 0 saturated heterocycles. The maximum Gasteiger partial charge on any atom is 0.149 e. The summed E-state index contributed by atoms with van der Waals surface area (Å²) in [5.41, 5.74) is 1.23. The highest BCUT2D eigenvalue weighted by atomic mass is 19.1. The van der Waals surface area contributed by atoms with Crippen molar-refractivity contribution in [2.75, 3.05) is 5.32 Å². The second-order valence-corrected chi connectivity index (χ2v) is 5.05. The molecule has 4 rings (SSSR count). The Morgan fingerprint density at radius 1 is 0.818 bits per heavy atom. The molecule has 106 valence electrons. The average molecular weight is 289 g/mol. The zero-order valence-corrected chi connectivity index (χ0v) is 11.6. The summed E-state index contributed by atoms with van der Waals surface area (Å²) in [7, 11) is 0. The fraction of sp³-hybridized carbons (Fsp3) is 0. The maximum atomic E-state index is 13.8. The van der Waals surface area contributed by atoms with E-state index in [1.807, 2.05) is 36.4 Å². The molecule has 4 aromatic rings. The minimum absolute atomic E-state index is 0.320. The minimum Gasteiger partial charge on any atom is -0.340 e. The number of hydrogen-bond donors (Lipinski definition) is 1. The summed E-state index contributed by atoms with van der Waals surface area (Å²) in [6.45, 7) is 0. The molecule has 0 aliphatic heterocycles. The number of nitrogens with zero attached hydrogens (tertiary/aromatic N) is 2. The van der Waals surface area contributed by atoms with Crippen LogP contribution in [-0.4, -0.2) is 9.97 Å². The SMILES string of the molecule is Fc1cccc2c(Nc3ccc4ccccc4c3)ncnc12. The number of fused-ring (bicyclic) bond motifs is 2. The largest absolute Gasteiger partial charge is 0.340 e. The van der Waals surface area contributed by atoms with Crippen LogP contribution >= 0.6 is 0 Å².